The maximum Gasteiger partial charge on any atom is 0.264 e. The Morgan fingerprint density at radius 1 is 1.41 bits per heavy atom. The number of ketones is 1. The van der Waals surface area contributed by atoms with Gasteiger partial charge in [-0.1, -0.05) is 0 Å². The second kappa shape index (κ2) is 4.98. The second-order valence-corrected chi connectivity index (χ2v) is 5.36. The molecule has 2 rings (SSSR count). The van der Waals surface area contributed by atoms with E-state index in [1.165, 1.54) is 18.3 Å². The number of carbonyl (C=O) groups excluding carboxylic acids is 2. The molecule has 1 amide bonds. The Morgan fingerprint density at radius 3 is 2.71 bits per heavy atom. The number of nitrogens with zero attached hydrogens (tertiary/aromatic N) is 1. The molecule has 0 radical (unpaired) electrons. The van der Waals surface area contributed by atoms with E-state index in [1.807, 2.05) is 11.8 Å². The summed E-state index contributed by atoms with van der Waals surface area (Å²) in [5.74, 6) is 0.0545. The molecule has 0 spiro atoms. The molecular weight excluding hydrogens is 236 g/mol. The number of thiophene rings is 1. The van der Waals surface area contributed by atoms with Crippen LogP contribution in [0.1, 0.15) is 33.2 Å². The van der Waals surface area contributed by atoms with E-state index in [0.29, 0.717) is 9.75 Å². The Balaban J connectivity index is 2.15. The van der Waals surface area contributed by atoms with Gasteiger partial charge in [0.25, 0.3) is 5.91 Å². The average molecular weight is 252 g/mol. The summed E-state index contributed by atoms with van der Waals surface area (Å²) in [6.07, 6.45) is 0. The smallest absolute Gasteiger partial charge is 0.264 e. The van der Waals surface area contributed by atoms with Gasteiger partial charge >= 0.3 is 0 Å². The van der Waals surface area contributed by atoms with Crippen molar-refractivity contribution >= 4 is 23.0 Å². The van der Waals surface area contributed by atoms with Crippen LogP contribution in [0.4, 0.5) is 0 Å². The third kappa shape index (κ3) is 2.56. The molecule has 1 N–H and O–H groups in total. The number of carbonyl (C=O) groups is 2. The van der Waals surface area contributed by atoms with Gasteiger partial charge in [-0.2, -0.15) is 0 Å². The van der Waals surface area contributed by atoms with Gasteiger partial charge in [-0.05, 0) is 26.0 Å². The van der Waals surface area contributed by atoms with Gasteiger partial charge in [-0.25, -0.2) is 0 Å². The summed E-state index contributed by atoms with van der Waals surface area (Å²) in [5.41, 5.74) is 0. The molecule has 1 saturated heterocycles. The van der Waals surface area contributed by atoms with Gasteiger partial charge < -0.3 is 10.2 Å². The minimum Gasteiger partial charge on any atom is -0.333 e. The van der Waals surface area contributed by atoms with E-state index in [4.69, 9.17) is 0 Å². The van der Waals surface area contributed by atoms with Gasteiger partial charge in [-0.3, -0.25) is 9.59 Å². The summed E-state index contributed by atoms with van der Waals surface area (Å²) in [6, 6.07) is 3.69. The topological polar surface area (TPSA) is 49.4 Å². The molecule has 1 fully saturated rings. The van der Waals surface area contributed by atoms with Crippen molar-refractivity contribution in [2.45, 2.75) is 19.9 Å². The van der Waals surface area contributed by atoms with E-state index in [2.05, 4.69) is 5.32 Å². The number of rotatable bonds is 2. The average Bonchev–Trinajstić information content (AvgIpc) is 2.78. The minimum absolute atomic E-state index is 0.0161. The highest BCUT2D eigenvalue weighted by molar-refractivity contribution is 7.15. The van der Waals surface area contributed by atoms with Crippen LogP contribution in [0.5, 0.6) is 0 Å². The van der Waals surface area contributed by atoms with Crippen molar-refractivity contribution in [2.24, 2.45) is 0 Å². The predicted octanol–water partition coefficient (Wildman–Crippen LogP) is 1.38. The first-order chi connectivity index (χ1) is 8.09. The van der Waals surface area contributed by atoms with E-state index in [-0.39, 0.29) is 17.7 Å². The maximum absolute atomic E-state index is 12.2. The number of piperazine rings is 1. The Bertz CT molecular complexity index is 441. The van der Waals surface area contributed by atoms with Gasteiger partial charge in [0.1, 0.15) is 0 Å². The molecule has 1 atom stereocenters. The first-order valence-corrected chi connectivity index (χ1v) is 6.53. The van der Waals surface area contributed by atoms with Crippen molar-refractivity contribution in [2.75, 3.05) is 19.6 Å². The second-order valence-electron chi connectivity index (χ2n) is 4.27. The van der Waals surface area contributed by atoms with Crippen LogP contribution in [0, 0.1) is 0 Å². The standard InChI is InChI=1S/C12H16N2O2S/c1-8-7-13-5-6-14(8)12(16)11-4-3-10(17-11)9(2)15/h3-4,8,13H,5-7H2,1-2H3/t8-/m0/s1. The summed E-state index contributed by atoms with van der Waals surface area (Å²) < 4.78 is 0. The molecule has 0 aromatic carbocycles. The number of hydrogen-bond acceptors (Lipinski definition) is 4. The van der Waals surface area contributed by atoms with Crippen molar-refractivity contribution in [3.63, 3.8) is 0 Å². The molecule has 1 aliphatic heterocycles. The van der Waals surface area contributed by atoms with Crippen molar-refractivity contribution in [3.8, 4) is 0 Å². The molecule has 0 saturated carbocycles. The first kappa shape index (κ1) is 12.3. The lowest BCUT2D eigenvalue weighted by molar-refractivity contribution is 0.0660. The highest BCUT2D eigenvalue weighted by Crippen LogP contribution is 2.20. The van der Waals surface area contributed by atoms with E-state index in [0.717, 1.165) is 19.6 Å². The highest BCUT2D eigenvalue weighted by Gasteiger charge is 2.25. The third-order valence-electron chi connectivity index (χ3n) is 2.93. The molecule has 1 aromatic heterocycles. The normalized spacial score (nSPS) is 20.4. The van der Waals surface area contributed by atoms with Gasteiger partial charge in [-0.15, -0.1) is 11.3 Å². The Hall–Kier alpha value is -1.20. The van der Waals surface area contributed by atoms with Crippen LogP contribution in [0.2, 0.25) is 0 Å². The number of hydrogen-bond donors (Lipinski definition) is 1. The zero-order valence-electron chi connectivity index (χ0n) is 10.0. The molecule has 2 heterocycles. The van der Waals surface area contributed by atoms with E-state index >= 15 is 0 Å². The minimum atomic E-state index is 0.0161. The number of Topliss-reactive ketones (excluding diaryl/α,β-unsaturated/α-hetero) is 1. The lowest BCUT2D eigenvalue weighted by Gasteiger charge is -2.33. The van der Waals surface area contributed by atoms with Crippen LogP contribution >= 0.6 is 11.3 Å². The van der Waals surface area contributed by atoms with Crippen molar-refractivity contribution in [1.82, 2.24) is 10.2 Å². The van der Waals surface area contributed by atoms with Crippen LogP contribution in [0.3, 0.4) is 0 Å². The summed E-state index contributed by atoms with van der Waals surface area (Å²) >= 11 is 1.28. The lowest BCUT2D eigenvalue weighted by Crippen LogP contribution is -2.52. The molecule has 4 nitrogen and oxygen atoms in total. The van der Waals surface area contributed by atoms with Crippen molar-refractivity contribution in [3.05, 3.63) is 21.9 Å². The maximum atomic E-state index is 12.2. The van der Waals surface area contributed by atoms with Gasteiger partial charge in [0.2, 0.25) is 0 Å². The van der Waals surface area contributed by atoms with Crippen LogP contribution in [0.25, 0.3) is 0 Å². The molecule has 1 aliphatic rings. The third-order valence-corrected chi connectivity index (χ3v) is 4.10. The highest BCUT2D eigenvalue weighted by atomic mass is 32.1. The monoisotopic (exact) mass is 252 g/mol. The molecule has 5 heteroatoms. The predicted molar refractivity (Wildman–Crippen MR) is 67.7 cm³/mol. The quantitative estimate of drug-likeness (QED) is 0.809. The van der Waals surface area contributed by atoms with Crippen molar-refractivity contribution < 1.29 is 9.59 Å². The Labute approximate surface area is 105 Å². The summed E-state index contributed by atoms with van der Waals surface area (Å²) in [5, 5.41) is 3.25. The van der Waals surface area contributed by atoms with Crippen LogP contribution < -0.4 is 5.32 Å². The van der Waals surface area contributed by atoms with E-state index in [1.54, 1.807) is 12.1 Å². The largest absolute Gasteiger partial charge is 0.333 e. The lowest BCUT2D eigenvalue weighted by atomic mass is 10.2. The number of amides is 1. The molecule has 17 heavy (non-hydrogen) atoms. The van der Waals surface area contributed by atoms with Gasteiger partial charge in [0.15, 0.2) is 5.78 Å². The fourth-order valence-electron chi connectivity index (χ4n) is 1.93. The van der Waals surface area contributed by atoms with Gasteiger partial charge in [0, 0.05) is 25.7 Å². The fourth-order valence-corrected chi connectivity index (χ4v) is 2.78. The SMILES string of the molecule is CC(=O)c1ccc(C(=O)N2CCNC[C@@H]2C)s1. The molecule has 0 bridgehead atoms. The summed E-state index contributed by atoms with van der Waals surface area (Å²) in [4.78, 5) is 26.6. The fraction of sp³-hybridized carbons (Fsp3) is 0.500. The molecule has 0 unspecified atom stereocenters. The Morgan fingerprint density at radius 2 is 2.12 bits per heavy atom. The molecule has 1 aromatic rings. The summed E-state index contributed by atoms with van der Waals surface area (Å²) in [7, 11) is 0. The van der Waals surface area contributed by atoms with Gasteiger partial charge in [0.05, 0.1) is 9.75 Å². The summed E-state index contributed by atoms with van der Waals surface area (Å²) in [6.45, 7) is 5.95. The van der Waals surface area contributed by atoms with E-state index < -0.39 is 0 Å². The zero-order valence-corrected chi connectivity index (χ0v) is 10.8. The van der Waals surface area contributed by atoms with Crippen LogP contribution in [-0.2, 0) is 0 Å². The zero-order chi connectivity index (χ0) is 12.4. The molecular formula is C12H16N2O2S. The Kier molecular flexibility index (Phi) is 3.59. The van der Waals surface area contributed by atoms with Crippen LogP contribution in [0.15, 0.2) is 12.1 Å². The van der Waals surface area contributed by atoms with E-state index in [9.17, 15) is 9.59 Å². The number of nitrogens with one attached hydrogen (secondary N) is 1. The first-order valence-electron chi connectivity index (χ1n) is 5.72. The molecule has 92 valence electrons. The molecule has 0 aliphatic carbocycles. The van der Waals surface area contributed by atoms with Crippen LogP contribution in [-0.4, -0.2) is 42.3 Å². The van der Waals surface area contributed by atoms with Crippen molar-refractivity contribution in [1.29, 1.82) is 0 Å².